The molecule has 0 aliphatic carbocycles. The van der Waals surface area contributed by atoms with Gasteiger partial charge >= 0.3 is 0 Å². The molecule has 1 aromatic carbocycles. The molecule has 1 amide bonds. The number of piperazine rings is 1. The summed E-state index contributed by atoms with van der Waals surface area (Å²) in [5.74, 6) is 0.0204. The van der Waals surface area contributed by atoms with Crippen LogP contribution in [0.15, 0.2) is 36.5 Å². The second-order valence-corrected chi connectivity index (χ2v) is 7.46. The largest absolute Gasteiger partial charge is 0.372 e. The van der Waals surface area contributed by atoms with E-state index in [4.69, 9.17) is 0 Å². The maximum absolute atomic E-state index is 12.7. The molecular formula is C23H33N5O. The predicted octanol–water partition coefficient (Wildman–Crippen LogP) is 3.76. The van der Waals surface area contributed by atoms with Crippen LogP contribution >= 0.6 is 0 Å². The van der Waals surface area contributed by atoms with Gasteiger partial charge in [0.05, 0.1) is 11.9 Å². The number of pyridine rings is 1. The van der Waals surface area contributed by atoms with E-state index in [1.54, 1.807) is 6.20 Å². The maximum atomic E-state index is 12.7. The number of carbonyl (C=O) groups is 1. The van der Waals surface area contributed by atoms with E-state index in [2.05, 4.69) is 66.0 Å². The molecule has 1 fully saturated rings. The van der Waals surface area contributed by atoms with Crippen molar-refractivity contribution in [2.24, 2.45) is 0 Å². The Morgan fingerprint density at radius 2 is 1.79 bits per heavy atom. The third-order valence-electron chi connectivity index (χ3n) is 5.71. The predicted molar refractivity (Wildman–Crippen MR) is 120 cm³/mol. The van der Waals surface area contributed by atoms with E-state index < -0.39 is 0 Å². The summed E-state index contributed by atoms with van der Waals surface area (Å²) in [7, 11) is 0. The normalized spacial score (nSPS) is 14.7. The van der Waals surface area contributed by atoms with Crippen molar-refractivity contribution in [3.8, 4) is 0 Å². The Hall–Kier alpha value is -2.60. The molecule has 0 bridgehead atoms. The molecule has 2 aromatic rings. The van der Waals surface area contributed by atoms with Gasteiger partial charge in [-0.15, -0.1) is 0 Å². The number of nitrogens with zero attached hydrogens (tertiary/aromatic N) is 4. The number of hydrogen-bond acceptors (Lipinski definition) is 5. The van der Waals surface area contributed by atoms with Gasteiger partial charge in [-0.2, -0.15) is 0 Å². The number of nitrogens with one attached hydrogen (secondary N) is 1. The van der Waals surface area contributed by atoms with E-state index in [-0.39, 0.29) is 5.91 Å². The van der Waals surface area contributed by atoms with Crippen LogP contribution in [0.4, 0.5) is 17.1 Å². The number of anilines is 3. The number of aromatic nitrogens is 1. The van der Waals surface area contributed by atoms with Gasteiger partial charge in [0, 0.05) is 50.6 Å². The molecule has 0 atom stereocenters. The Bertz CT molecular complexity index is 809. The van der Waals surface area contributed by atoms with Crippen molar-refractivity contribution < 1.29 is 4.79 Å². The molecule has 0 spiro atoms. The van der Waals surface area contributed by atoms with E-state index in [0.29, 0.717) is 5.69 Å². The van der Waals surface area contributed by atoms with Gasteiger partial charge in [-0.25, -0.2) is 4.98 Å². The van der Waals surface area contributed by atoms with E-state index in [1.165, 1.54) is 11.3 Å². The van der Waals surface area contributed by atoms with E-state index in [0.717, 1.165) is 57.2 Å². The summed E-state index contributed by atoms with van der Waals surface area (Å²) in [6.07, 6.45) is 1.74. The molecule has 1 aliphatic heterocycles. The first-order valence-electron chi connectivity index (χ1n) is 10.7. The molecule has 3 rings (SSSR count). The minimum absolute atomic E-state index is 0.0204. The third kappa shape index (κ3) is 5.07. The van der Waals surface area contributed by atoms with E-state index in [1.807, 2.05) is 17.0 Å². The highest BCUT2D eigenvalue weighted by atomic mass is 16.2. The Morgan fingerprint density at radius 1 is 1.07 bits per heavy atom. The molecule has 0 radical (unpaired) electrons. The Labute approximate surface area is 174 Å². The molecule has 0 unspecified atom stereocenters. The number of hydrogen-bond donors (Lipinski definition) is 1. The molecule has 1 aliphatic rings. The van der Waals surface area contributed by atoms with Crippen molar-refractivity contribution in [1.29, 1.82) is 0 Å². The summed E-state index contributed by atoms with van der Waals surface area (Å²) in [4.78, 5) is 23.7. The lowest BCUT2D eigenvalue weighted by Crippen LogP contribution is -2.48. The van der Waals surface area contributed by atoms with Crippen molar-refractivity contribution in [1.82, 2.24) is 14.8 Å². The Balaban J connectivity index is 1.64. The summed E-state index contributed by atoms with van der Waals surface area (Å²) in [6.45, 7) is 15.0. The highest BCUT2D eigenvalue weighted by molar-refractivity contribution is 5.92. The quantitative estimate of drug-likeness (QED) is 0.774. The molecule has 1 N–H and O–H groups in total. The van der Waals surface area contributed by atoms with Crippen LogP contribution < -0.4 is 10.2 Å². The van der Waals surface area contributed by atoms with Crippen LogP contribution in [0.1, 0.15) is 36.8 Å². The third-order valence-corrected chi connectivity index (χ3v) is 5.71. The summed E-state index contributed by atoms with van der Waals surface area (Å²) in [6, 6.07) is 10.2. The number of carbonyl (C=O) groups excluding carboxylic acids is 1. The van der Waals surface area contributed by atoms with Crippen LogP contribution in [0.5, 0.6) is 0 Å². The van der Waals surface area contributed by atoms with Crippen LogP contribution in [-0.2, 0) is 0 Å². The van der Waals surface area contributed by atoms with Crippen molar-refractivity contribution in [3.63, 3.8) is 0 Å². The van der Waals surface area contributed by atoms with Crippen LogP contribution in [0, 0.1) is 6.92 Å². The van der Waals surface area contributed by atoms with Gasteiger partial charge in [0.25, 0.3) is 5.91 Å². The molecule has 2 heterocycles. The zero-order valence-corrected chi connectivity index (χ0v) is 18.1. The van der Waals surface area contributed by atoms with Crippen LogP contribution in [0.3, 0.4) is 0 Å². The summed E-state index contributed by atoms with van der Waals surface area (Å²) in [5, 5.41) is 3.42. The lowest BCUT2D eigenvalue weighted by atomic mass is 10.1. The second-order valence-electron chi connectivity index (χ2n) is 7.46. The lowest BCUT2D eigenvalue weighted by molar-refractivity contribution is 0.0637. The molecule has 6 nitrogen and oxygen atoms in total. The average Bonchev–Trinajstić information content (AvgIpc) is 2.76. The highest BCUT2D eigenvalue weighted by Crippen LogP contribution is 2.25. The minimum Gasteiger partial charge on any atom is -0.372 e. The minimum atomic E-state index is 0.0204. The maximum Gasteiger partial charge on any atom is 0.272 e. The van der Waals surface area contributed by atoms with Crippen LogP contribution in [0.2, 0.25) is 0 Å². The first-order chi connectivity index (χ1) is 14.0. The summed E-state index contributed by atoms with van der Waals surface area (Å²) >= 11 is 0. The smallest absolute Gasteiger partial charge is 0.272 e. The van der Waals surface area contributed by atoms with Crippen molar-refractivity contribution in [3.05, 3.63) is 47.8 Å². The first-order valence-corrected chi connectivity index (χ1v) is 10.7. The Morgan fingerprint density at radius 3 is 2.34 bits per heavy atom. The zero-order valence-electron chi connectivity index (χ0n) is 18.1. The van der Waals surface area contributed by atoms with Gasteiger partial charge in [-0.1, -0.05) is 6.92 Å². The van der Waals surface area contributed by atoms with Gasteiger partial charge in [0.1, 0.15) is 5.69 Å². The SMILES string of the molecule is CCN1CCN(C(=O)c2ccc(Nc3ccc(N(CC)CC)cc3C)cn2)CC1. The fourth-order valence-corrected chi connectivity index (χ4v) is 3.75. The zero-order chi connectivity index (χ0) is 20.8. The van der Waals surface area contributed by atoms with Crippen molar-refractivity contribution in [2.75, 3.05) is 56.0 Å². The molecule has 6 heteroatoms. The molecule has 156 valence electrons. The van der Waals surface area contributed by atoms with Crippen LogP contribution in [-0.4, -0.2) is 66.5 Å². The van der Waals surface area contributed by atoms with Gasteiger partial charge in [-0.05, 0) is 63.2 Å². The van der Waals surface area contributed by atoms with Gasteiger partial charge in [0.15, 0.2) is 0 Å². The Kier molecular flexibility index (Phi) is 7.09. The van der Waals surface area contributed by atoms with Gasteiger partial charge < -0.3 is 20.0 Å². The van der Waals surface area contributed by atoms with E-state index in [9.17, 15) is 4.79 Å². The van der Waals surface area contributed by atoms with Crippen molar-refractivity contribution in [2.45, 2.75) is 27.7 Å². The molecule has 29 heavy (non-hydrogen) atoms. The number of amides is 1. The summed E-state index contributed by atoms with van der Waals surface area (Å²) in [5.41, 5.74) is 4.87. The van der Waals surface area contributed by atoms with E-state index >= 15 is 0 Å². The monoisotopic (exact) mass is 395 g/mol. The highest BCUT2D eigenvalue weighted by Gasteiger charge is 2.22. The summed E-state index contributed by atoms with van der Waals surface area (Å²) < 4.78 is 0. The van der Waals surface area contributed by atoms with Gasteiger partial charge in [-0.3, -0.25) is 4.79 Å². The standard InChI is InChI=1S/C23H33N5O/c1-5-26-12-14-28(15-13-26)23(29)22-10-8-19(17-24-22)25-21-11-9-20(16-18(21)4)27(6-2)7-3/h8-11,16-17,25H,5-7,12-15H2,1-4H3. The van der Waals surface area contributed by atoms with Crippen LogP contribution in [0.25, 0.3) is 0 Å². The number of benzene rings is 1. The molecule has 0 saturated carbocycles. The fraction of sp³-hybridized carbons (Fsp3) is 0.478. The molecule has 1 saturated heterocycles. The fourth-order valence-electron chi connectivity index (χ4n) is 3.75. The van der Waals surface area contributed by atoms with Gasteiger partial charge in [0.2, 0.25) is 0 Å². The first kappa shape index (κ1) is 21.1. The molecular weight excluding hydrogens is 362 g/mol. The number of rotatable bonds is 7. The number of likely N-dealkylation sites (N-methyl/N-ethyl adjacent to an activating group) is 1. The second kappa shape index (κ2) is 9.74. The van der Waals surface area contributed by atoms with Crippen molar-refractivity contribution >= 4 is 23.0 Å². The number of aryl methyl sites for hydroxylation is 1. The topological polar surface area (TPSA) is 51.7 Å². The molecule has 1 aromatic heterocycles. The average molecular weight is 396 g/mol. The lowest BCUT2D eigenvalue weighted by Gasteiger charge is -2.33.